The molecule has 1 N–H and O–H groups in total. The Morgan fingerprint density at radius 2 is 1.78 bits per heavy atom. The van der Waals surface area contributed by atoms with Gasteiger partial charge in [-0.05, 0) is 37.1 Å². The van der Waals surface area contributed by atoms with Gasteiger partial charge in [-0.1, -0.05) is 54.6 Å². The monoisotopic (exact) mass is 432 g/mol. The number of hydrogen-bond acceptors (Lipinski definition) is 5. The van der Waals surface area contributed by atoms with Gasteiger partial charge in [0.15, 0.2) is 5.78 Å². The van der Waals surface area contributed by atoms with Gasteiger partial charge < -0.3 is 14.4 Å². The van der Waals surface area contributed by atoms with Gasteiger partial charge in [0.1, 0.15) is 12.4 Å². The zero-order chi connectivity index (χ0) is 22.6. The van der Waals surface area contributed by atoms with Crippen LogP contribution < -0.4 is 10.3 Å². The second kappa shape index (κ2) is 9.51. The molecule has 0 unspecified atom stereocenters. The summed E-state index contributed by atoms with van der Waals surface area (Å²) in [7, 11) is 1.98. The minimum atomic E-state index is -0.514. The van der Waals surface area contributed by atoms with Crippen LogP contribution in [0.15, 0.2) is 77.7 Å². The summed E-state index contributed by atoms with van der Waals surface area (Å²) in [6.07, 6.45) is 3.32. The van der Waals surface area contributed by atoms with Gasteiger partial charge in [-0.2, -0.15) is 0 Å². The third-order valence-electron chi connectivity index (χ3n) is 5.65. The standard InChI is InChI=1S/C26H28N2O4/c1-27(19-26(31)12-13-26)16-20-7-9-22(10-8-20)24(29)17-28-14-11-23(15-25(28)30)32-18-21-5-3-2-4-6-21/h2-11,14-15,31H,12-13,16-19H2,1H3. The van der Waals surface area contributed by atoms with E-state index in [1.807, 2.05) is 49.5 Å². The summed E-state index contributed by atoms with van der Waals surface area (Å²) in [6, 6.07) is 20.3. The number of nitrogens with zero attached hydrogens (tertiary/aromatic N) is 2. The largest absolute Gasteiger partial charge is 0.489 e. The van der Waals surface area contributed by atoms with Crippen LogP contribution in [-0.4, -0.2) is 39.6 Å². The van der Waals surface area contributed by atoms with E-state index in [9.17, 15) is 14.7 Å². The maximum Gasteiger partial charge on any atom is 0.254 e. The smallest absolute Gasteiger partial charge is 0.254 e. The molecule has 1 aliphatic rings. The van der Waals surface area contributed by atoms with Gasteiger partial charge in [0.05, 0.1) is 12.1 Å². The Morgan fingerprint density at radius 3 is 2.44 bits per heavy atom. The maximum absolute atomic E-state index is 12.7. The van der Waals surface area contributed by atoms with Crippen LogP contribution in [0.1, 0.15) is 34.3 Å². The molecule has 1 heterocycles. The van der Waals surface area contributed by atoms with Gasteiger partial charge in [-0.3, -0.25) is 14.5 Å². The van der Waals surface area contributed by atoms with E-state index >= 15 is 0 Å². The molecule has 0 spiro atoms. The molecule has 32 heavy (non-hydrogen) atoms. The molecule has 1 fully saturated rings. The molecule has 0 amide bonds. The summed E-state index contributed by atoms with van der Waals surface area (Å²) >= 11 is 0. The Balaban J connectivity index is 1.32. The number of ketones is 1. The van der Waals surface area contributed by atoms with E-state index in [0.717, 1.165) is 24.0 Å². The minimum absolute atomic E-state index is 0.0237. The van der Waals surface area contributed by atoms with Crippen molar-refractivity contribution >= 4 is 5.78 Å². The molecule has 1 aliphatic carbocycles. The van der Waals surface area contributed by atoms with Crippen molar-refractivity contribution < 1.29 is 14.6 Å². The summed E-state index contributed by atoms with van der Waals surface area (Å²) in [5.74, 6) is 0.351. The molecular formula is C26H28N2O4. The first-order valence-corrected chi connectivity index (χ1v) is 10.8. The average Bonchev–Trinajstić information content (AvgIpc) is 3.51. The highest BCUT2D eigenvalue weighted by Gasteiger charge is 2.40. The molecule has 0 saturated heterocycles. The summed E-state index contributed by atoms with van der Waals surface area (Å²) in [6.45, 7) is 1.72. The van der Waals surface area contributed by atoms with Crippen molar-refractivity contribution in [3.05, 3.63) is 100.0 Å². The van der Waals surface area contributed by atoms with Crippen molar-refractivity contribution in [3.8, 4) is 5.75 Å². The summed E-state index contributed by atoms with van der Waals surface area (Å²) < 4.78 is 7.06. The highest BCUT2D eigenvalue weighted by Crippen LogP contribution is 2.35. The summed E-state index contributed by atoms with van der Waals surface area (Å²) in [5.41, 5.74) is 1.86. The molecule has 4 rings (SSSR count). The highest BCUT2D eigenvalue weighted by molar-refractivity contribution is 5.95. The van der Waals surface area contributed by atoms with Crippen LogP contribution in [0.5, 0.6) is 5.75 Å². The number of Topliss-reactive ketones (excluding diaryl/α,β-unsaturated/α-hetero) is 1. The Labute approximate surface area is 187 Å². The fraction of sp³-hybridized carbons (Fsp3) is 0.308. The second-order valence-corrected chi connectivity index (χ2v) is 8.62. The predicted octanol–water partition coefficient (Wildman–Crippen LogP) is 3.27. The Morgan fingerprint density at radius 1 is 1.06 bits per heavy atom. The van der Waals surface area contributed by atoms with Crippen LogP contribution in [-0.2, 0) is 19.7 Å². The average molecular weight is 433 g/mol. The van der Waals surface area contributed by atoms with E-state index in [-0.39, 0.29) is 17.9 Å². The van der Waals surface area contributed by atoms with Crippen molar-refractivity contribution in [2.75, 3.05) is 13.6 Å². The van der Waals surface area contributed by atoms with Crippen LogP contribution in [0.25, 0.3) is 0 Å². The molecule has 6 heteroatoms. The molecule has 1 aromatic heterocycles. The van der Waals surface area contributed by atoms with Crippen LogP contribution in [0.3, 0.4) is 0 Å². The number of hydrogen-bond donors (Lipinski definition) is 1. The molecule has 0 bridgehead atoms. The molecule has 0 radical (unpaired) electrons. The van der Waals surface area contributed by atoms with Gasteiger partial charge >= 0.3 is 0 Å². The van der Waals surface area contributed by atoms with Crippen LogP contribution in [0.2, 0.25) is 0 Å². The summed E-state index contributed by atoms with van der Waals surface area (Å²) in [5, 5.41) is 10.0. The van der Waals surface area contributed by atoms with Gasteiger partial charge in [0, 0.05) is 30.9 Å². The van der Waals surface area contributed by atoms with Crippen LogP contribution in [0.4, 0.5) is 0 Å². The van der Waals surface area contributed by atoms with E-state index in [4.69, 9.17) is 4.74 Å². The van der Waals surface area contributed by atoms with E-state index in [0.29, 0.717) is 31.0 Å². The first-order chi connectivity index (χ1) is 15.4. The van der Waals surface area contributed by atoms with E-state index < -0.39 is 5.60 Å². The quantitative estimate of drug-likeness (QED) is 0.498. The van der Waals surface area contributed by atoms with Crippen LogP contribution in [0, 0.1) is 0 Å². The number of likely N-dealkylation sites (N-methyl/N-ethyl adjacent to an activating group) is 1. The number of pyridine rings is 1. The first-order valence-electron chi connectivity index (χ1n) is 10.8. The second-order valence-electron chi connectivity index (χ2n) is 8.62. The number of aromatic nitrogens is 1. The molecule has 6 nitrogen and oxygen atoms in total. The topological polar surface area (TPSA) is 71.8 Å². The van der Waals surface area contributed by atoms with Gasteiger partial charge in [0.25, 0.3) is 5.56 Å². The third kappa shape index (κ3) is 5.93. The molecule has 0 atom stereocenters. The molecule has 1 saturated carbocycles. The van der Waals surface area contributed by atoms with Crippen LogP contribution >= 0.6 is 0 Å². The fourth-order valence-electron chi connectivity index (χ4n) is 3.67. The fourth-order valence-corrected chi connectivity index (χ4v) is 3.67. The lowest BCUT2D eigenvalue weighted by atomic mass is 10.1. The Hall–Kier alpha value is -3.22. The number of benzene rings is 2. The van der Waals surface area contributed by atoms with Crippen molar-refractivity contribution in [1.82, 2.24) is 9.47 Å². The molecule has 166 valence electrons. The SMILES string of the molecule is CN(Cc1ccc(C(=O)Cn2ccc(OCc3ccccc3)cc2=O)cc1)CC1(O)CC1. The normalized spacial score (nSPS) is 14.3. The highest BCUT2D eigenvalue weighted by atomic mass is 16.5. The Kier molecular flexibility index (Phi) is 6.53. The van der Waals surface area contributed by atoms with E-state index in [1.54, 1.807) is 24.4 Å². The van der Waals surface area contributed by atoms with Crippen molar-refractivity contribution in [1.29, 1.82) is 0 Å². The number of carbonyl (C=O) groups excluding carboxylic acids is 1. The Bertz CT molecular complexity index is 1120. The number of rotatable bonds is 10. The van der Waals surface area contributed by atoms with E-state index in [1.165, 1.54) is 10.6 Å². The maximum atomic E-state index is 12.7. The zero-order valence-corrected chi connectivity index (χ0v) is 18.2. The third-order valence-corrected chi connectivity index (χ3v) is 5.65. The van der Waals surface area contributed by atoms with Gasteiger partial charge in [-0.25, -0.2) is 0 Å². The molecule has 2 aromatic carbocycles. The van der Waals surface area contributed by atoms with Gasteiger partial charge in [0.2, 0.25) is 0 Å². The number of carbonyl (C=O) groups is 1. The van der Waals surface area contributed by atoms with Crippen molar-refractivity contribution in [2.24, 2.45) is 0 Å². The van der Waals surface area contributed by atoms with Crippen molar-refractivity contribution in [2.45, 2.75) is 38.1 Å². The number of ether oxygens (including phenoxy) is 1. The molecule has 0 aliphatic heterocycles. The lowest BCUT2D eigenvalue weighted by molar-refractivity contribution is 0.0970. The van der Waals surface area contributed by atoms with Crippen molar-refractivity contribution in [3.63, 3.8) is 0 Å². The molecule has 3 aromatic rings. The number of aliphatic hydroxyl groups is 1. The predicted molar refractivity (Wildman–Crippen MR) is 123 cm³/mol. The molecular weight excluding hydrogens is 404 g/mol. The minimum Gasteiger partial charge on any atom is -0.489 e. The zero-order valence-electron chi connectivity index (χ0n) is 18.2. The lowest BCUT2D eigenvalue weighted by Crippen LogP contribution is -2.30. The van der Waals surface area contributed by atoms with Gasteiger partial charge in [-0.15, -0.1) is 0 Å². The first kappa shape index (κ1) is 22.0. The summed E-state index contributed by atoms with van der Waals surface area (Å²) in [4.78, 5) is 27.2. The lowest BCUT2D eigenvalue weighted by Gasteiger charge is -2.20. The van der Waals surface area contributed by atoms with E-state index in [2.05, 4.69) is 4.90 Å².